The van der Waals surface area contributed by atoms with Crippen LogP contribution in [0.15, 0.2) is 40.9 Å². The standard InChI is InChI=1S/C13H9BrCl2FN/c14-8-3-7(4-10(16)5-8)13(18)11-2-1-9(15)6-12(11)17/h1-6,13H,18H2. The summed E-state index contributed by atoms with van der Waals surface area (Å²) in [7, 11) is 0. The van der Waals surface area contributed by atoms with Gasteiger partial charge in [0.25, 0.3) is 0 Å². The SMILES string of the molecule is NC(c1cc(Cl)cc(Br)c1)c1ccc(Cl)cc1F. The zero-order valence-electron chi connectivity index (χ0n) is 9.13. The number of hydrogen-bond acceptors (Lipinski definition) is 1. The second-order valence-corrected chi connectivity index (χ2v) is 5.63. The van der Waals surface area contributed by atoms with E-state index in [1.807, 2.05) is 6.07 Å². The van der Waals surface area contributed by atoms with Crippen LogP contribution >= 0.6 is 39.1 Å². The van der Waals surface area contributed by atoms with Gasteiger partial charge < -0.3 is 5.73 Å². The van der Waals surface area contributed by atoms with Gasteiger partial charge in [-0.3, -0.25) is 0 Å². The van der Waals surface area contributed by atoms with Gasteiger partial charge in [-0.25, -0.2) is 4.39 Å². The number of halogens is 4. The molecule has 94 valence electrons. The normalized spacial score (nSPS) is 12.5. The first-order valence-electron chi connectivity index (χ1n) is 5.14. The molecule has 2 aromatic rings. The summed E-state index contributed by atoms with van der Waals surface area (Å²) in [6.45, 7) is 0. The van der Waals surface area contributed by atoms with Crippen LogP contribution in [0.1, 0.15) is 17.2 Å². The van der Waals surface area contributed by atoms with Gasteiger partial charge in [-0.2, -0.15) is 0 Å². The summed E-state index contributed by atoms with van der Waals surface area (Å²) in [5, 5.41) is 0.889. The van der Waals surface area contributed by atoms with E-state index in [-0.39, 0.29) is 0 Å². The monoisotopic (exact) mass is 347 g/mol. The van der Waals surface area contributed by atoms with Gasteiger partial charge in [0.15, 0.2) is 0 Å². The topological polar surface area (TPSA) is 26.0 Å². The van der Waals surface area contributed by atoms with Crippen LogP contribution in [0.3, 0.4) is 0 Å². The molecule has 0 aliphatic heterocycles. The van der Waals surface area contributed by atoms with Crippen LogP contribution in [0, 0.1) is 5.82 Å². The molecule has 0 aliphatic carbocycles. The van der Waals surface area contributed by atoms with Gasteiger partial charge in [-0.05, 0) is 35.9 Å². The molecular formula is C13H9BrCl2FN. The molecule has 0 saturated heterocycles. The Balaban J connectivity index is 2.44. The highest BCUT2D eigenvalue weighted by atomic mass is 79.9. The van der Waals surface area contributed by atoms with E-state index in [2.05, 4.69) is 15.9 Å². The van der Waals surface area contributed by atoms with Crippen LogP contribution in [0.5, 0.6) is 0 Å². The highest BCUT2D eigenvalue weighted by Gasteiger charge is 2.14. The van der Waals surface area contributed by atoms with Crippen molar-refractivity contribution in [3.05, 3.63) is 67.9 Å². The summed E-state index contributed by atoms with van der Waals surface area (Å²) in [5.74, 6) is -0.425. The van der Waals surface area contributed by atoms with E-state index in [0.717, 1.165) is 10.0 Å². The summed E-state index contributed by atoms with van der Waals surface area (Å²) in [5.41, 5.74) is 7.16. The molecule has 0 saturated carbocycles. The average molecular weight is 349 g/mol. The first kappa shape index (κ1) is 13.8. The maximum absolute atomic E-state index is 13.8. The highest BCUT2D eigenvalue weighted by molar-refractivity contribution is 9.10. The Hall–Kier alpha value is -0.610. The summed E-state index contributed by atoms with van der Waals surface area (Å²) in [4.78, 5) is 0. The van der Waals surface area contributed by atoms with Crippen molar-refractivity contribution in [3.63, 3.8) is 0 Å². The fourth-order valence-corrected chi connectivity index (χ4v) is 2.73. The van der Waals surface area contributed by atoms with Gasteiger partial charge in [0.05, 0.1) is 6.04 Å². The van der Waals surface area contributed by atoms with E-state index in [4.69, 9.17) is 28.9 Å². The van der Waals surface area contributed by atoms with Gasteiger partial charge in [-0.1, -0.05) is 45.2 Å². The Morgan fingerprint density at radius 2 is 1.78 bits per heavy atom. The Labute approximate surface area is 123 Å². The maximum atomic E-state index is 13.8. The molecule has 2 aromatic carbocycles. The number of hydrogen-bond donors (Lipinski definition) is 1. The minimum atomic E-state index is -0.586. The smallest absolute Gasteiger partial charge is 0.129 e. The van der Waals surface area contributed by atoms with E-state index in [9.17, 15) is 4.39 Å². The van der Waals surface area contributed by atoms with Crippen molar-refractivity contribution in [2.75, 3.05) is 0 Å². The number of nitrogens with two attached hydrogens (primary N) is 1. The molecule has 0 heterocycles. The number of benzene rings is 2. The van der Waals surface area contributed by atoms with Gasteiger partial charge in [0.1, 0.15) is 5.82 Å². The molecule has 5 heteroatoms. The highest BCUT2D eigenvalue weighted by Crippen LogP contribution is 2.28. The Bertz CT molecular complexity index is 569. The summed E-state index contributed by atoms with van der Waals surface area (Å²) in [6.07, 6.45) is 0. The lowest BCUT2D eigenvalue weighted by Gasteiger charge is -2.14. The zero-order valence-corrected chi connectivity index (χ0v) is 12.2. The Morgan fingerprint density at radius 1 is 1.06 bits per heavy atom. The molecule has 0 aromatic heterocycles. The van der Waals surface area contributed by atoms with Crippen molar-refractivity contribution in [2.45, 2.75) is 6.04 Å². The molecule has 0 bridgehead atoms. The van der Waals surface area contributed by atoms with Crippen molar-refractivity contribution >= 4 is 39.1 Å². The van der Waals surface area contributed by atoms with Crippen molar-refractivity contribution < 1.29 is 4.39 Å². The second kappa shape index (κ2) is 5.57. The zero-order chi connectivity index (χ0) is 13.3. The van der Waals surface area contributed by atoms with Crippen LogP contribution in [0.2, 0.25) is 10.0 Å². The van der Waals surface area contributed by atoms with Crippen molar-refractivity contribution in [2.24, 2.45) is 5.73 Å². The molecule has 18 heavy (non-hydrogen) atoms. The quantitative estimate of drug-likeness (QED) is 0.816. The lowest BCUT2D eigenvalue weighted by atomic mass is 9.99. The second-order valence-electron chi connectivity index (χ2n) is 3.85. The van der Waals surface area contributed by atoms with Gasteiger partial charge in [0.2, 0.25) is 0 Å². The van der Waals surface area contributed by atoms with Gasteiger partial charge >= 0.3 is 0 Å². The molecule has 1 atom stereocenters. The molecule has 0 radical (unpaired) electrons. The molecule has 0 fully saturated rings. The molecule has 1 nitrogen and oxygen atoms in total. The number of rotatable bonds is 2. The molecule has 2 N–H and O–H groups in total. The maximum Gasteiger partial charge on any atom is 0.129 e. The molecule has 0 amide bonds. The van der Waals surface area contributed by atoms with E-state index in [1.54, 1.807) is 24.3 Å². The van der Waals surface area contributed by atoms with Crippen LogP contribution in [-0.2, 0) is 0 Å². The van der Waals surface area contributed by atoms with Crippen molar-refractivity contribution in [1.29, 1.82) is 0 Å². The van der Waals surface area contributed by atoms with Crippen molar-refractivity contribution in [3.8, 4) is 0 Å². The molecular weight excluding hydrogens is 340 g/mol. The van der Waals surface area contributed by atoms with Crippen molar-refractivity contribution in [1.82, 2.24) is 0 Å². The van der Waals surface area contributed by atoms with E-state index in [1.165, 1.54) is 6.07 Å². The molecule has 1 unspecified atom stereocenters. The summed E-state index contributed by atoms with van der Waals surface area (Å²) < 4.78 is 14.6. The predicted octanol–water partition coefficient (Wildman–Crippen LogP) is 4.94. The first-order chi connectivity index (χ1) is 8.47. The van der Waals surface area contributed by atoms with E-state index < -0.39 is 11.9 Å². The lowest BCUT2D eigenvalue weighted by Crippen LogP contribution is -2.13. The third-order valence-corrected chi connectivity index (χ3v) is 3.45. The van der Waals surface area contributed by atoms with E-state index >= 15 is 0 Å². The van der Waals surface area contributed by atoms with Crippen LogP contribution in [0.25, 0.3) is 0 Å². The third kappa shape index (κ3) is 3.04. The first-order valence-corrected chi connectivity index (χ1v) is 6.69. The fourth-order valence-electron chi connectivity index (χ4n) is 1.69. The van der Waals surface area contributed by atoms with Crippen LogP contribution in [0.4, 0.5) is 4.39 Å². The molecule has 0 aliphatic rings. The largest absolute Gasteiger partial charge is 0.320 e. The fraction of sp³-hybridized carbons (Fsp3) is 0.0769. The third-order valence-electron chi connectivity index (χ3n) is 2.54. The molecule has 0 spiro atoms. The summed E-state index contributed by atoms with van der Waals surface area (Å²) >= 11 is 15.0. The summed E-state index contributed by atoms with van der Waals surface area (Å²) in [6, 6.07) is 9.12. The van der Waals surface area contributed by atoms with Gasteiger partial charge in [-0.15, -0.1) is 0 Å². The Morgan fingerprint density at radius 3 is 2.39 bits per heavy atom. The minimum absolute atomic E-state index is 0.343. The Kier molecular flexibility index (Phi) is 4.28. The predicted molar refractivity (Wildman–Crippen MR) is 76.6 cm³/mol. The van der Waals surface area contributed by atoms with Gasteiger partial charge in [0, 0.05) is 20.1 Å². The molecule has 2 rings (SSSR count). The van der Waals surface area contributed by atoms with Crippen LogP contribution in [-0.4, -0.2) is 0 Å². The minimum Gasteiger partial charge on any atom is -0.320 e. The van der Waals surface area contributed by atoms with E-state index in [0.29, 0.717) is 15.6 Å². The van der Waals surface area contributed by atoms with Crippen LogP contribution < -0.4 is 5.73 Å². The average Bonchev–Trinajstić information content (AvgIpc) is 2.26. The lowest BCUT2D eigenvalue weighted by molar-refractivity contribution is 0.600.